The lowest BCUT2D eigenvalue weighted by molar-refractivity contribution is 0.102. The van der Waals surface area contributed by atoms with Crippen LogP contribution in [0.2, 0.25) is 0 Å². The molecule has 88 valence electrons. The van der Waals surface area contributed by atoms with E-state index in [1.807, 2.05) is 39.0 Å². The molecule has 4 nitrogen and oxygen atoms in total. The minimum atomic E-state index is -0.179. The summed E-state index contributed by atoms with van der Waals surface area (Å²) in [4.78, 5) is 18.9. The summed E-state index contributed by atoms with van der Waals surface area (Å²) in [5.74, 6) is -0.179. The van der Waals surface area contributed by atoms with E-state index in [1.165, 1.54) is 6.33 Å². The number of carbonyl (C=O) groups excluding carboxylic acids is 1. The van der Waals surface area contributed by atoms with Crippen LogP contribution in [0.15, 0.2) is 24.5 Å². The summed E-state index contributed by atoms with van der Waals surface area (Å²) in [5.41, 5.74) is 4.17. The van der Waals surface area contributed by atoms with Crippen molar-refractivity contribution in [1.29, 1.82) is 0 Å². The molecular formula is C13H15N3O. The molecule has 2 rings (SSSR count). The quantitative estimate of drug-likeness (QED) is 0.831. The van der Waals surface area contributed by atoms with E-state index in [0.29, 0.717) is 5.69 Å². The van der Waals surface area contributed by atoms with Gasteiger partial charge in [-0.05, 0) is 31.9 Å². The fourth-order valence-corrected chi connectivity index (χ4v) is 1.77. The van der Waals surface area contributed by atoms with Gasteiger partial charge in [-0.1, -0.05) is 18.2 Å². The Bertz CT molecular complexity index is 537. The summed E-state index contributed by atoms with van der Waals surface area (Å²) in [6, 6.07) is 5.92. The number of aryl methyl sites for hydroxylation is 3. The maximum Gasteiger partial charge on any atom is 0.276 e. The molecule has 0 aliphatic carbocycles. The molecule has 0 spiro atoms. The second kappa shape index (κ2) is 4.41. The number of imidazole rings is 1. The molecule has 0 bridgehead atoms. The zero-order chi connectivity index (χ0) is 12.4. The van der Waals surface area contributed by atoms with Crippen molar-refractivity contribution in [3.8, 4) is 0 Å². The molecule has 0 radical (unpaired) electrons. The first kappa shape index (κ1) is 11.4. The number of H-pyrrole nitrogens is 1. The molecule has 1 aromatic heterocycles. The number of nitrogens with one attached hydrogen (secondary N) is 2. The molecule has 0 aliphatic heterocycles. The average molecular weight is 229 g/mol. The highest BCUT2D eigenvalue weighted by Crippen LogP contribution is 2.20. The third kappa shape index (κ3) is 2.20. The van der Waals surface area contributed by atoms with Crippen molar-refractivity contribution in [3.63, 3.8) is 0 Å². The highest BCUT2D eigenvalue weighted by atomic mass is 16.1. The van der Waals surface area contributed by atoms with Crippen LogP contribution in [0.1, 0.15) is 27.3 Å². The number of amides is 1. The number of aromatic nitrogens is 2. The van der Waals surface area contributed by atoms with Crippen LogP contribution in [0.5, 0.6) is 0 Å². The van der Waals surface area contributed by atoms with Gasteiger partial charge in [-0.3, -0.25) is 4.79 Å². The standard InChI is InChI=1S/C13H15N3O/c1-8-5-4-6-9(2)11(8)16-13(17)12-10(3)14-7-15-12/h4-7H,1-3H3,(H,14,15)(H,16,17). The summed E-state index contributed by atoms with van der Waals surface area (Å²) in [5, 5.41) is 2.90. The monoisotopic (exact) mass is 229 g/mol. The first-order valence-corrected chi connectivity index (χ1v) is 5.47. The topological polar surface area (TPSA) is 57.8 Å². The van der Waals surface area contributed by atoms with E-state index in [0.717, 1.165) is 22.5 Å². The molecule has 17 heavy (non-hydrogen) atoms. The third-order valence-electron chi connectivity index (χ3n) is 2.76. The normalized spacial score (nSPS) is 10.3. The molecule has 2 aromatic rings. The Labute approximate surface area is 100 Å². The van der Waals surface area contributed by atoms with E-state index in [2.05, 4.69) is 15.3 Å². The predicted molar refractivity (Wildman–Crippen MR) is 67.2 cm³/mol. The highest BCUT2D eigenvalue weighted by Gasteiger charge is 2.13. The van der Waals surface area contributed by atoms with Gasteiger partial charge in [-0.25, -0.2) is 4.98 Å². The van der Waals surface area contributed by atoms with Crippen LogP contribution < -0.4 is 5.32 Å². The zero-order valence-electron chi connectivity index (χ0n) is 10.2. The van der Waals surface area contributed by atoms with Gasteiger partial charge in [-0.2, -0.15) is 0 Å². The van der Waals surface area contributed by atoms with Gasteiger partial charge in [0.25, 0.3) is 5.91 Å². The number of benzene rings is 1. The van der Waals surface area contributed by atoms with E-state index in [4.69, 9.17) is 0 Å². The van der Waals surface area contributed by atoms with Crippen molar-refractivity contribution in [2.24, 2.45) is 0 Å². The molecule has 0 unspecified atom stereocenters. The molecule has 0 aliphatic rings. The van der Waals surface area contributed by atoms with Crippen molar-refractivity contribution < 1.29 is 4.79 Å². The van der Waals surface area contributed by atoms with Crippen LogP contribution in [0.25, 0.3) is 0 Å². The SMILES string of the molecule is Cc1cccc(C)c1NC(=O)c1nc[nH]c1C. The Kier molecular flexibility index (Phi) is 2.95. The van der Waals surface area contributed by atoms with Crippen molar-refractivity contribution >= 4 is 11.6 Å². The number of para-hydroxylation sites is 1. The van der Waals surface area contributed by atoms with E-state index in [9.17, 15) is 4.79 Å². The third-order valence-corrected chi connectivity index (χ3v) is 2.76. The minimum absolute atomic E-state index is 0.179. The van der Waals surface area contributed by atoms with Crippen LogP contribution in [0.4, 0.5) is 5.69 Å². The largest absolute Gasteiger partial charge is 0.348 e. The Morgan fingerprint density at radius 1 is 1.24 bits per heavy atom. The highest BCUT2D eigenvalue weighted by molar-refractivity contribution is 6.04. The summed E-state index contributed by atoms with van der Waals surface area (Å²) in [7, 11) is 0. The van der Waals surface area contributed by atoms with Gasteiger partial charge in [0, 0.05) is 11.4 Å². The fourth-order valence-electron chi connectivity index (χ4n) is 1.77. The molecule has 0 atom stereocenters. The number of hydrogen-bond donors (Lipinski definition) is 2. The second-order valence-corrected chi connectivity index (χ2v) is 4.10. The number of rotatable bonds is 2. The van der Waals surface area contributed by atoms with Crippen molar-refractivity contribution in [2.75, 3.05) is 5.32 Å². The molecule has 0 saturated carbocycles. The van der Waals surface area contributed by atoms with Gasteiger partial charge < -0.3 is 10.3 Å². The van der Waals surface area contributed by atoms with Gasteiger partial charge in [0.1, 0.15) is 5.69 Å². The van der Waals surface area contributed by atoms with Crippen LogP contribution >= 0.6 is 0 Å². The minimum Gasteiger partial charge on any atom is -0.348 e. The van der Waals surface area contributed by atoms with Crippen molar-refractivity contribution in [3.05, 3.63) is 47.0 Å². The molecule has 2 N–H and O–H groups in total. The van der Waals surface area contributed by atoms with Crippen LogP contribution in [0.3, 0.4) is 0 Å². The van der Waals surface area contributed by atoms with E-state index in [1.54, 1.807) is 0 Å². The molecule has 1 aromatic carbocycles. The maximum absolute atomic E-state index is 12.0. The maximum atomic E-state index is 12.0. The van der Waals surface area contributed by atoms with Gasteiger partial charge in [0.15, 0.2) is 0 Å². The lowest BCUT2D eigenvalue weighted by Crippen LogP contribution is -2.15. The van der Waals surface area contributed by atoms with E-state index >= 15 is 0 Å². The Balaban J connectivity index is 2.28. The fraction of sp³-hybridized carbons (Fsp3) is 0.231. The van der Waals surface area contributed by atoms with Crippen molar-refractivity contribution in [1.82, 2.24) is 9.97 Å². The van der Waals surface area contributed by atoms with Crippen LogP contribution in [0, 0.1) is 20.8 Å². The average Bonchev–Trinajstić information content (AvgIpc) is 2.70. The van der Waals surface area contributed by atoms with Crippen molar-refractivity contribution in [2.45, 2.75) is 20.8 Å². The molecular weight excluding hydrogens is 214 g/mol. The van der Waals surface area contributed by atoms with Gasteiger partial charge in [-0.15, -0.1) is 0 Å². The van der Waals surface area contributed by atoms with E-state index < -0.39 is 0 Å². The lowest BCUT2D eigenvalue weighted by Gasteiger charge is -2.10. The Morgan fingerprint density at radius 2 is 1.88 bits per heavy atom. The summed E-state index contributed by atoms with van der Waals surface area (Å²) in [6.07, 6.45) is 1.52. The molecule has 0 saturated heterocycles. The van der Waals surface area contributed by atoms with Crippen LogP contribution in [-0.2, 0) is 0 Å². The first-order chi connectivity index (χ1) is 8.09. The number of hydrogen-bond acceptors (Lipinski definition) is 2. The van der Waals surface area contributed by atoms with Crippen LogP contribution in [-0.4, -0.2) is 15.9 Å². The first-order valence-electron chi connectivity index (χ1n) is 5.47. The Morgan fingerprint density at radius 3 is 2.41 bits per heavy atom. The molecule has 1 amide bonds. The number of nitrogens with zero attached hydrogens (tertiary/aromatic N) is 1. The van der Waals surface area contributed by atoms with Gasteiger partial charge >= 0.3 is 0 Å². The predicted octanol–water partition coefficient (Wildman–Crippen LogP) is 2.59. The zero-order valence-corrected chi connectivity index (χ0v) is 10.2. The number of aromatic amines is 1. The molecule has 1 heterocycles. The van der Waals surface area contributed by atoms with E-state index in [-0.39, 0.29) is 5.91 Å². The number of carbonyl (C=O) groups is 1. The lowest BCUT2D eigenvalue weighted by atomic mass is 10.1. The Hall–Kier alpha value is -2.10. The second-order valence-electron chi connectivity index (χ2n) is 4.10. The summed E-state index contributed by atoms with van der Waals surface area (Å²) >= 11 is 0. The smallest absolute Gasteiger partial charge is 0.276 e. The van der Waals surface area contributed by atoms with Gasteiger partial charge in [0.05, 0.1) is 6.33 Å². The molecule has 4 heteroatoms. The van der Waals surface area contributed by atoms with Gasteiger partial charge in [0.2, 0.25) is 0 Å². The summed E-state index contributed by atoms with van der Waals surface area (Å²) in [6.45, 7) is 5.77. The summed E-state index contributed by atoms with van der Waals surface area (Å²) < 4.78 is 0. The molecule has 0 fully saturated rings. The number of anilines is 1.